The van der Waals surface area contributed by atoms with Crippen LogP contribution in [0.15, 0.2) is 48.5 Å². The van der Waals surface area contributed by atoms with Gasteiger partial charge in [-0.05, 0) is 87.3 Å². The fourth-order valence-corrected chi connectivity index (χ4v) is 6.31. The Balaban J connectivity index is 0.000000165. The molecule has 1 amide bonds. The monoisotopic (exact) mass is 562 g/mol. The first-order chi connectivity index (χ1) is 20.0. The SMILES string of the molecule is Nc1ccc(N2CCN(CC(=O)N3CCCC3)CC2)cc1.Nc1ccc(N2CCN(CCN3CCCC3)CC2)cc1. The summed E-state index contributed by atoms with van der Waals surface area (Å²) in [6.45, 7) is 16.0. The summed E-state index contributed by atoms with van der Waals surface area (Å²) in [6.07, 6.45) is 5.11. The predicted molar refractivity (Wildman–Crippen MR) is 171 cm³/mol. The lowest BCUT2D eigenvalue weighted by Crippen LogP contribution is -2.49. The van der Waals surface area contributed by atoms with E-state index in [2.05, 4.69) is 48.8 Å². The Bertz CT molecular complexity index is 1050. The van der Waals surface area contributed by atoms with E-state index in [9.17, 15) is 4.79 Å². The summed E-state index contributed by atoms with van der Waals surface area (Å²) in [5.74, 6) is 0.299. The van der Waals surface area contributed by atoms with Crippen molar-refractivity contribution in [2.24, 2.45) is 0 Å². The molecule has 0 unspecified atom stereocenters. The molecule has 9 heteroatoms. The number of hydrogen-bond donors (Lipinski definition) is 2. The fourth-order valence-electron chi connectivity index (χ4n) is 6.31. The van der Waals surface area contributed by atoms with E-state index in [0.717, 1.165) is 76.6 Å². The van der Waals surface area contributed by atoms with E-state index in [0.29, 0.717) is 12.5 Å². The molecule has 4 fully saturated rings. The van der Waals surface area contributed by atoms with Crippen LogP contribution in [-0.4, -0.2) is 124 Å². The third-order valence-corrected chi connectivity index (χ3v) is 9.01. The second-order valence-electron chi connectivity index (χ2n) is 11.9. The molecule has 0 aromatic heterocycles. The quantitative estimate of drug-likeness (QED) is 0.498. The molecule has 0 spiro atoms. The highest BCUT2D eigenvalue weighted by Gasteiger charge is 2.23. The number of amides is 1. The Kier molecular flexibility index (Phi) is 10.6. The Labute approximate surface area is 246 Å². The zero-order valence-electron chi connectivity index (χ0n) is 24.8. The number of likely N-dealkylation sites (tertiary alicyclic amines) is 2. The van der Waals surface area contributed by atoms with Gasteiger partial charge in [0.05, 0.1) is 6.54 Å². The number of rotatable bonds is 7. The van der Waals surface area contributed by atoms with Crippen molar-refractivity contribution < 1.29 is 4.79 Å². The molecule has 6 rings (SSSR count). The number of nitrogen functional groups attached to an aromatic ring is 2. The van der Waals surface area contributed by atoms with Crippen molar-refractivity contribution in [1.29, 1.82) is 0 Å². The van der Waals surface area contributed by atoms with Gasteiger partial charge in [0.1, 0.15) is 0 Å². The average Bonchev–Trinajstić information content (AvgIpc) is 3.74. The first-order valence-corrected chi connectivity index (χ1v) is 15.7. The lowest BCUT2D eigenvalue weighted by atomic mass is 10.2. The van der Waals surface area contributed by atoms with E-state index in [1.54, 1.807) is 0 Å². The summed E-state index contributed by atoms with van der Waals surface area (Å²) in [5, 5.41) is 0. The van der Waals surface area contributed by atoms with Crippen molar-refractivity contribution in [3.05, 3.63) is 48.5 Å². The first kappa shape index (κ1) is 29.5. The molecule has 4 aliphatic heterocycles. The van der Waals surface area contributed by atoms with Crippen LogP contribution in [0.4, 0.5) is 22.7 Å². The van der Waals surface area contributed by atoms with E-state index in [1.807, 2.05) is 29.2 Å². The van der Waals surface area contributed by atoms with E-state index in [4.69, 9.17) is 11.5 Å². The second-order valence-corrected chi connectivity index (χ2v) is 11.9. The van der Waals surface area contributed by atoms with Gasteiger partial charge in [-0.3, -0.25) is 14.6 Å². The largest absolute Gasteiger partial charge is 0.399 e. The number of anilines is 4. The van der Waals surface area contributed by atoms with Gasteiger partial charge in [0.2, 0.25) is 5.91 Å². The van der Waals surface area contributed by atoms with Gasteiger partial charge in [0, 0.05) is 101 Å². The minimum Gasteiger partial charge on any atom is -0.399 e. The van der Waals surface area contributed by atoms with Crippen LogP contribution in [0.3, 0.4) is 0 Å². The minimum atomic E-state index is 0.299. The number of hydrogen-bond acceptors (Lipinski definition) is 8. The number of nitrogens with zero attached hydrogens (tertiary/aromatic N) is 6. The van der Waals surface area contributed by atoms with Gasteiger partial charge in [-0.25, -0.2) is 0 Å². The van der Waals surface area contributed by atoms with Crippen molar-refractivity contribution >= 4 is 28.7 Å². The predicted octanol–water partition coefficient (Wildman–Crippen LogP) is 2.50. The Hall–Kier alpha value is -3.01. The Morgan fingerprint density at radius 3 is 1.37 bits per heavy atom. The number of carbonyl (C=O) groups excluding carboxylic acids is 1. The fraction of sp³-hybridized carbons (Fsp3) is 0.594. The van der Waals surface area contributed by atoms with Crippen LogP contribution >= 0.6 is 0 Å². The van der Waals surface area contributed by atoms with Crippen molar-refractivity contribution in [2.45, 2.75) is 25.7 Å². The van der Waals surface area contributed by atoms with E-state index in [1.165, 1.54) is 63.5 Å². The third kappa shape index (κ3) is 8.74. The van der Waals surface area contributed by atoms with Crippen LogP contribution in [0.5, 0.6) is 0 Å². The molecule has 41 heavy (non-hydrogen) atoms. The number of piperazine rings is 2. The summed E-state index contributed by atoms with van der Waals surface area (Å²) in [5.41, 5.74) is 15.6. The van der Waals surface area contributed by atoms with Crippen LogP contribution in [0.2, 0.25) is 0 Å². The number of benzene rings is 2. The molecule has 0 radical (unpaired) electrons. The van der Waals surface area contributed by atoms with Crippen LogP contribution in [0.1, 0.15) is 25.7 Å². The summed E-state index contributed by atoms with van der Waals surface area (Å²) >= 11 is 0. The van der Waals surface area contributed by atoms with Crippen molar-refractivity contribution in [1.82, 2.24) is 19.6 Å². The van der Waals surface area contributed by atoms with E-state index >= 15 is 0 Å². The Morgan fingerprint density at radius 2 is 0.902 bits per heavy atom. The molecule has 2 aromatic carbocycles. The smallest absolute Gasteiger partial charge is 0.236 e. The molecular weight excluding hydrogens is 512 g/mol. The van der Waals surface area contributed by atoms with Crippen molar-refractivity contribution in [3.8, 4) is 0 Å². The molecule has 0 saturated carbocycles. The second kappa shape index (κ2) is 14.8. The molecule has 4 heterocycles. The van der Waals surface area contributed by atoms with Gasteiger partial charge in [-0.15, -0.1) is 0 Å². The summed E-state index contributed by atoms with van der Waals surface area (Å²) < 4.78 is 0. The van der Waals surface area contributed by atoms with Crippen LogP contribution < -0.4 is 21.3 Å². The standard InChI is InChI=1S/C16H24N4O.C16H26N4/c17-14-3-5-15(6-4-14)19-11-9-18(10-12-19)13-16(21)20-7-1-2-8-20;17-15-3-5-16(6-4-15)20-13-11-19(12-14-20)10-9-18-7-1-2-8-18/h3-6H,1-2,7-13,17H2;3-6H,1-2,7-14,17H2. The highest BCUT2D eigenvalue weighted by atomic mass is 16.2. The molecule has 9 nitrogen and oxygen atoms in total. The lowest BCUT2D eigenvalue weighted by Gasteiger charge is -2.36. The molecule has 4 aliphatic rings. The van der Waals surface area contributed by atoms with Gasteiger partial charge in [0.15, 0.2) is 0 Å². The molecular formula is C32H50N8O. The Morgan fingerprint density at radius 1 is 0.512 bits per heavy atom. The lowest BCUT2D eigenvalue weighted by molar-refractivity contribution is -0.131. The minimum absolute atomic E-state index is 0.299. The van der Waals surface area contributed by atoms with E-state index < -0.39 is 0 Å². The van der Waals surface area contributed by atoms with E-state index in [-0.39, 0.29) is 0 Å². The molecule has 224 valence electrons. The van der Waals surface area contributed by atoms with Gasteiger partial charge in [0.25, 0.3) is 0 Å². The van der Waals surface area contributed by atoms with Crippen molar-refractivity contribution in [3.63, 3.8) is 0 Å². The number of carbonyl (C=O) groups is 1. The van der Waals surface area contributed by atoms with Gasteiger partial charge < -0.3 is 31.1 Å². The van der Waals surface area contributed by atoms with Gasteiger partial charge in [-0.1, -0.05) is 0 Å². The van der Waals surface area contributed by atoms with Crippen molar-refractivity contribution in [2.75, 3.05) is 119 Å². The maximum atomic E-state index is 12.2. The van der Waals surface area contributed by atoms with Crippen LogP contribution in [0, 0.1) is 0 Å². The topological polar surface area (TPSA) is 88.5 Å². The maximum Gasteiger partial charge on any atom is 0.236 e. The highest BCUT2D eigenvalue weighted by Crippen LogP contribution is 2.19. The molecule has 2 aromatic rings. The zero-order chi connectivity index (χ0) is 28.4. The average molecular weight is 563 g/mol. The molecule has 0 aliphatic carbocycles. The summed E-state index contributed by atoms with van der Waals surface area (Å²) in [4.78, 5) is 26.5. The number of nitrogens with two attached hydrogens (primary N) is 2. The molecule has 4 saturated heterocycles. The highest BCUT2D eigenvalue weighted by molar-refractivity contribution is 5.78. The van der Waals surface area contributed by atoms with Crippen LogP contribution in [0.25, 0.3) is 0 Å². The maximum absolute atomic E-state index is 12.2. The summed E-state index contributed by atoms with van der Waals surface area (Å²) in [6, 6.07) is 16.3. The third-order valence-electron chi connectivity index (χ3n) is 9.01. The summed E-state index contributed by atoms with van der Waals surface area (Å²) in [7, 11) is 0. The van der Waals surface area contributed by atoms with Gasteiger partial charge >= 0.3 is 0 Å². The molecule has 0 atom stereocenters. The molecule has 4 N–H and O–H groups in total. The van der Waals surface area contributed by atoms with Gasteiger partial charge in [-0.2, -0.15) is 0 Å². The first-order valence-electron chi connectivity index (χ1n) is 15.7. The van der Waals surface area contributed by atoms with Crippen LogP contribution in [-0.2, 0) is 4.79 Å². The molecule has 0 bridgehead atoms. The normalized spacial score (nSPS) is 20.7. The zero-order valence-corrected chi connectivity index (χ0v) is 24.8.